The van der Waals surface area contributed by atoms with Crippen molar-refractivity contribution in [1.29, 1.82) is 5.26 Å². The standard InChI is InChI=1S/C29H36FN3O2/c1-7-10-21(16-31)24(23(9-3)19(5)12-20(6)27(34)11-8-2)14-22-17-32-28(13-18(22)4)33-29(35)25-15-26(25)30/h9-10,12-14,17,25-27,34H,6-8,11,15H2,1-5H3,(H,32,33,35)/b19-12-,21-10+,23-9+,24-14+. The number of carbonyl (C=O) groups is 1. The number of nitriles is 1. The van der Waals surface area contributed by atoms with Gasteiger partial charge in [0.2, 0.25) is 5.91 Å². The second-order valence-corrected chi connectivity index (χ2v) is 8.88. The summed E-state index contributed by atoms with van der Waals surface area (Å²) >= 11 is 0. The lowest BCUT2D eigenvalue weighted by atomic mass is 9.89. The number of aliphatic hydroxyl groups excluding tert-OH is 1. The molecule has 0 aromatic carbocycles. The van der Waals surface area contributed by atoms with E-state index < -0.39 is 18.2 Å². The van der Waals surface area contributed by atoms with Crippen LogP contribution < -0.4 is 5.32 Å². The Morgan fingerprint density at radius 1 is 1.43 bits per heavy atom. The van der Waals surface area contributed by atoms with Crippen molar-refractivity contribution < 1.29 is 14.3 Å². The molecule has 1 aliphatic carbocycles. The zero-order chi connectivity index (χ0) is 26.1. The number of nitrogens with zero attached hydrogens (tertiary/aromatic N) is 2. The van der Waals surface area contributed by atoms with E-state index >= 15 is 0 Å². The molecule has 1 aromatic heterocycles. The maximum absolute atomic E-state index is 13.2. The minimum atomic E-state index is -1.06. The highest BCUT2D eigenvalue weighted by Gasteiger charge is 2.43. The van der Waals surface area contributed by atoms with Crippen LogP contribution in [0.2, 0.25) is 0 Å². The van der Waals surface area contributed by atoms with E-state index in [1.165, 1.54) is 0 Å². The first kappa shape index (κ1) is 27.9. The predicted molar refractivity (Wildman–Crippen MR) is 140 cm³/mol. The predicted octanol–water partition coefficient (Wildman–Crippen LogP) is 6.54. The van der Waals surface area contributed by atoms with Gasteiger partial charge in [-0.25, -0.2) is 9.37 Å². The highest BCUT2D eigenvalue weighted by atomic mass is 19.1. The number of aryl methyl sites for hydroxylation is 1. The summed E-state index contributed by atoms with van der Waals surface area (Å²) in [7, 11) is 0. The van der Waals surface area contributed by atoms with Gasteiger partial charge in [-0.05, 0) is 85.6 Å². The summed E-state index contributed by atoms with van der Waals surface area (Å²) in [5, 5.41) is 22.9. The number of carbonyl (C=O) groups excluding carboxylic acids is 1. The van der Waals surface area contributed by atoms with Crippen LogP contribution in [0.15, 0.2) is 64.9 Å². The van der Waals surface area contributed by atoms with Crippen LogP contribution in [0.1, 0.15) is 64.5 Å². The SMILES string of the molecule is C=C(\C=C(C)/C(=C\C)C(=C/c1cnc(NC(=O)C2CC2F)cc1C)/C(C#N)=C/CC)C(O)CCC. The van der Waals surface area contributed by atoms with E-state index in [1.807, 2.05) is 58.9 Å². The molecule has 2 N–H and O–H groups in total. The normalized spacial score (nSPS) is 19.7. The summed E-state index contributed by atoms with van der Waals surface area (Å²) in [6, 6.07) is 4.05. The van der Waals surface area contributed by atoms with Gasteiger partial charge in [0.25, 0.3) is 0 Å². The number of rotatable bonds is 11. The molecule has 1 heterocycles. The largest absolute Gasteiger partial charge is 0.388 e. The first-order chi connectivity index (χ1) is 16.7. The number of hydrogen-bond acceptors (Lipinski definition) is 4. The number of aromatic nitrogens is 1. The Balaban J connectivity index is 2.46. The van der Waals surface area contributed by atoms with Crippen molar-refractivity contribution in [2.45, 2.75) is 72.6 Å². The van der Waals surface area contributed by atoms with Crippen LogP contribution in [0.4, 0.5) is 10.2 Å². The fourth-order valence-electron chi connectivity index (χ4n) is 3.82. The molecule has 3 unspecified atom stereocenters. The number of amides is 1. The van der Waals surface area contributed by atoms with Crippen molar-refractivity contribution in [3.8, 4) is 6.07 Å². The fourth-order valence-corrected chi connectivity index (χ4v) is 3.82. The Morgan fingerprint density at radius 3 is 2.63 bits per heavy atom. The van der Waals surface area contributed by atoms with Crippen LogP contribution in [0.25, 0.3) is 6.08 Å². The Hall–Kier alpha value is -3.30. The average Bonchev–Trinajstić information content (AvgIpc) is 3.55. The monoisotopic (exact) mass is 477 g/mol. The quantitative estimate of drug-likeness (QED) is 0.280. The van der Waals surface area contributed by atoms with E-state index in [4.69, 9.17) is 0 Å². The molecule has 2 rings (SSSR count). The molecule has 0 saturated heterocycles. The molecule has 0 radical (unpaired) electrons. The number of hydrogen-bond donors (Lipinski definition) is 2. The molecule has 6 heteroatoms. The van der Waals surface area contributed by atoms with Gasteiger partial charge < -0.3 is 10.4 Å². The third kappa shape index (κ3) is 7.60. The molecular formula is C29H36FN3O2. The summed E-state index contributed by atoms with van der Waals surface area (Å²) in [5.74, 6) is -0.565. The van der Waals surface area contributed by atoms with Crippen molar-refractivity contribution in [1.82, 2.24) is 4.98 Å². The number of anilines is 1. The molecule has 1 aliphatic rings. The third-order valence-corrected chi connectivity index (χ3v) is 5.97. The molecule has 0 spiro atoms. The van der Waals surface area contributed by atoms with Crippen molar-refractivity contribution in [3.05, 3.63) is 76.1 Å². The van der Waals surface area contributed by atoms with E-state index in [9.17, 15) is 19.6 Å². The summed E-state index contributed by atoms with van der Waals surface area (Å²) in [5.41, 5.74) is 5.29. The number of allylic oxidation sites excluding steroid dienone is 6. The van der Waals surface area contributed by atoms with Gasteiger partial charge in [-0.15, -0.1) is 0 Å². The molecule has 1 saturated carbocycles. The van der Waals surface area contributed by atoms with Crippen LogP contribution in [0, 0.1) is 24.2 Å². The third-order valence-electron chi connectivity index (χ3n) is 5.97. The molecule has 0 aliphatic heterocycles. The maximum Gasteiger partial charge on any atom is 0.231 e. The molecule has 5 nitrogen and oxygen atoms in total. The van der Waals surface area contributed by atoms with E-state index in [0.29, 0.717) is 29.8 Å². The highest BCUT2D eigenvalue weighted by Crippen LogP contribution is 2.35. The summed E-state index contributed by atoms with van der Waals surface area (Å²) in [4.78, 5) is 16.4. The maximum atomic E-state index is 13.2. The second kappa shape index (κ2) is 13.0. The van der Waals surface area contributed by atoms with Crippen LogP contribution >= 0.6 is 0 Å². The fraction of sp³-hybridized carbons (Fsp3) is 0.414. The number of pyridine rings is 1. The van der Waals surface area contributed by atoms with Crippen molar-refractivity contribution in [3.63, 3.8) is 0 Å². The molecule has 35 heavy (non-hydrogen) atoms. The van der Waals surface area contributed by atoms with E-state index in [-0.39, 0.29) is 12.3 Å². The molecular weight excluding hydrogens is 441 g/mol. The van der Waals surface area contributed by atoms with Gasteiger partial charge in [-0.2, -0.15) is 5.26 Å². The topological polar surface area (TPSA) is 86.0 Å². The zero-order valence-electron chi connectivity index (χ0n) is 21.4. The lowest BCUT2D eigenvalue weighted by Crippen LogP contribution is -2.16. The first-order valence-corrected chi connectivity index (χ1v) is 12.1. The Kier molecular flexibility index (Phi) is 10.4. The smallest absolute Gasteiger partial charge is 0.231 e. The second-order valence-electron chi connectivity index (χ2n) is 8.88. The number of halogens is 1. The van der Waals surface area contributed by atoms with Crippen LogP contribution in [-0.4, -0.2) is 28.3 Å². The number of alkyl halides is 1. The summed E-state index contributed by atoms with van der Waals surface area (Å²) < 4.78 is 13.2. The molecule has 1 fully saturated rings. The van der Waals surface area contributed by atoms with Gasteiger partial charge in [0.1, 0.15) is 12.0 Å². The molecule has 1 aromatic rings. The molecule has 0 bridgehead atoms. The lowest BCUT2D eigenvalue weighted by molar-refractivity contribution is -0.117. The van der Waals surface area contributed by atoms with Gasteiger partial charge in [-0.1, -0.05) is 45.1 Å². The first-order valence-electron chi connectivity index (χ1n) is 12.1. The summed E-state index contributed by atoms with van der Waals surface area (Å²) in [6.45, 7) is 13.8. The van der Waals surface area contributed by atoms with Gasteiger partial charge in [0, 0.05) is 6.20 Å². The highest BCUT2D eigenvalue weighted by molar-refractivity contribution is 5.94. The number of aliphatic hydroxyl groups is 1. The van der Waals surface area contributed by atoms with E-state index in [1.54, 1.807) is 12.3 Å². The van der Waals surface area contributed by atoms with Crippen molar-refractivity contribution >= 4 is 17.8 Å². The van der Waals surface area contributed by atoms with Crippen LogP contribution in [0.3, 0.4) is 0 Å². The Bertz CT molecular complexity index is 1120. The van der Waals surface area contributed by atoms with Gasteiger partial charge in [-0.3, -0.25) is 4.79 Å². The molecule has 186 valence electrons. The number of nitrogens with one attached hydrogen (secondary N) is 1. The summed E-state index contributed by atoms with van der Waals surface area (Å²) in [6.07, 6.45) is 10.0. The van der Waals surface area contributed by atoms with Crippen molar-refractivity contribution in [2.75, 3.05) is 5.32 Å². The van der Waals surface area contributed by atoms with Gasteiger partial charge in [0.05, 0.1) is 23.7 Å². The van der Waals surface area contributed by atoms with Crippen LogP contribution in [-0.2, 0) is 4.79 Å². The van der Waals surface area contributed by atoms with Gasteiger partial charge in [0.15, 0.2) is 0 Å². The lowest BCUT2D eigenvalue weighted by Gasteiger charge is -2.16. The van der Waals surface area contributed by atoms with Gasteiger partial charge >= 0.3 is 0 Å². The van der Waals surface area contributed by atoms with Crippen molar-refractivity contribution in [2.24, 2.45) is 5.92 Å². The Morgan fingerprint density at radius 2 is 2.11 bits per heavy atom. The van der Waals surface area contributed by atoms with Crippen LogP contribution in [0.5, 0.6) is 0 Å². The minimum absolute atomic E-state index is 0.261. The van der Waals surface area contributed by atoms with E-state index in [0.717, 1.165) is 34.3 Å². The average molecular weight is 478 g/mol. The zero-order valence-corrected chi connectivity index (χ0v) is 21.4. The minimum Gasteiger partial charge on any atom is -0.388 e. The molecule has 1 amide bonds. The van der Waals surface area contributed by atoms with E-state index in [2.05, 4.69) is 22.9 Å². The molecule has 3 atom stereocenters. The Labute approximate surface area is 208 Å².